The SMILES string of the molecule is O=C(O)C1OC(OC(CSCCCS)C(F)(F)F)C(O)CC1O. The van der Waals surface area contributed by atoms with Crippen molar-refractivity contribution in [1.29, 1.82) is 0 Å². The minimum atomic E-state index is -4.69. The molecule has 23 heavy (non-hydrogen) atoms. The highest BCUT2D eigenvalue weighted by Crippen LogP contribution is 2.30. The zero-order chi connectivity index (χ0) is 17.6. The van der Waals surface area contributed by atoms with Crippen LogP contribution in [0.5, 0.6) is 0 Å². The molecule has 0 bridgehead atoms. The first-order valence-electron chi connectivity index (χ1n) is 6.82. The second kappa shape index (κ2) is 9.33. The van der Waals surface area contributed by atoms with E-state index in [1.807, 2.05) is 0 Å². The third-order valence-corrected chi connectivity index (χ3v) is 4.48. The lowest BCUT2D eigenvalue weighted by molar-refractivity contribution is -0.313. The molecule has 1 aliphatic rings. The molecule has 5 atom stereocenters. The van der Waals surface area contributed by atoms with Crippen molar-refractivity contribution in [3.05, 3.63) is 0 Å². The summed E-state index contributed by atoms with van der Waals surface area (Å²) in [5.41, 5.74) is 0. The van der Waals surface area contributed by atoms with Gasteiger partial charge < -0.3 is 24.8 Å². The lowest BCUT2D eigenvalue weighted by Gasteiger charge is -2.37. The normalized spacial score (nSPS) is 30.2. The van der Waals surface area contributed by atoms with E-state index < -0.39 is 55.0 Å². The Hall–Kier alpha value is -0.200. The Balaban J connectivity index is 2.67. The Morgan fingerprint density at radius 3 is 2.57 bits per heavy atom. The van der Waals surface area contributed by atoms with E-state index in [1.54, 1.807) is 0 Å². The van der Waals surface area contributed by atoms with Gasteiger partial charge in [-0.2, -0.15) is 37.6 Å². The van der Waals surface area contributed by atoms with Crippen molar-refractivity contribution in [2.75, 3.05) is 17.3 Å². The largest absolute Gasteiger partial charge is 0.479 e. The highest BCUT2D eigenvalue weighted by Gasteiger charge is 2.47. The molecule has 5 unspecified atom stereocenters. The van der Waals surface area contributed by atoms with Gasteiger partial charge in [0.05, 0.1) is 6.10 Å². The smallest absolute Gasteiger partial charge is 0.415 e. The van der Waals surface area contributed by atoms with Crippen LogP contribution in [0.3, 0.4) is 0 Å². The number of aliphatic hydroxyl groups excluding tert-OH is 2. The second-order valence-corrected chi connectivity index (χ2v) is 6.55. The van der Waals surface area contributed by atoms with Crippen LogP contribution >= 0.6 is 24.4 Å². The Bertz CT molecular complexity index is 384. The van der Waals surface area contributed by atoms with Crippen molar-refractivity contribution in [1.82, 2.24) is 0 Å². The molecule has 0 aromatic heterocycles. The summed E-state index contributed by atoms with van der Waals surface area (Å²) in [7, 11) is 0. The number of carbonyl (C=O) groups is 1. The van der Waals surface area contributed by atoms with Gasteiger partial charge in [0.25, 0.3) is 0 Å². The van der Waals surface area contributed by atoms with Crippen LogP contribution in [0.15, 0.2) is 0 Å². The summed E-state index contributed by atoms with van der Waals surface area (Å²) in [4.78, 5) is 10.9. The number of aliphatic carboxylic acids is 1. The predicted molar refractivity (Wildman–Crippen MR) is 79.7 cm³/mol. The fourth-order valence-electron chi connectivity index (χ4n) is 1.88. The molecule has 136 valence electrons. The summed E-state index contributed by atoms with van der Waals surface area (Å²) in [6.07, 6.45) is -13.3. The van der Waals surface area contributed by atoms with Crippen LogP contribution in [0.1, 0.15) is 12.8 Å². The van der Waals surface area contributed by atoms with Crippen molar-refractivity contribution < 1.29 is 42.8 Å². The molecule has 0 aliphatic carbocycles. The maximum Gasteiger partial charge on any atom is 0.415 e. The molecule has 0 spiro atoms. The number of ether oxygens (including phenoxy) is 2. The first-order valence-corrected chi connectivity index (χ1v) is 8.60. The molecular formula is C12H19F3O6S2. The highest BCUT2D eigenvalue weighted by atomic mass is 32.2. The van der Waals surface area contributed by atoms with E-state index in [0.29, 0.717) is 17.9 Å². The number of alkyl halides is 3. The molecule has 1 rings (SSSR count). The average Bonchev–Trinajstić information content (AvgIpc) is 2.42. The molecular weight excluding hydrogens is 361 g/mol. The van der Waals surface area contributed by atoms with Crippen molar-refractivity contribution in [2.45, 2.75) is 49.7 Å². The van der Waals surface area contributed by atoms with Crippen LogP contribution in [0, 0.1) is 0 Å². The average molecular weight is 380 g/mol. The molecule has 0 radical (unpaired) electrons. The molecule has 6 nitrogen and oxygen atoms in total. The monoisotopic (exact) mass is 380 g/mol. The Kier molecular flexibility index (Phi) is 8.45. The van der Waals surface area contributed by atoms with Crippen LogP contribution in [0.25, 0.3) is 0 Å². The van der Waals surface area contributed by atoms with Gasteiger partial charge in [0.1, 0.15) is 6.10 Å². The number of hydrogen-bond donors (Lipinski definition) is 4. The number of aliphatic hydroxyl groups is 2. The fourth-order valence-corrected chi connectivity index (χ4v) is 3.25. The van der Waals surface area contributed by atoms with Crippen LogP contribution < -0.4 is 0 Å². The van der Waals surface area contributed by atoms with E-state index in [4.69, 9.17) is 14.6 Å². The Labute approximate surface area is 140 Å². The summed E-state index contributed by atoms with van der Waals surface area (Å²) < 4.78 is 48.5. The quantitative estimate of drug-likeness (QED) is 0.367. The molecule has 1 fully saturated rings. The summed E-state index contributed by atoms with van der Waals surface area (Å²) in [6.45, 7) is 0. The van der Waals surface area contributed by atoms with E-state index in [-0.39, 0.29) is 0 Å². The number of rotatable bonds is 8. The standard InChI is InChI=1S/C12H19F3O6S2/c13-12(14,15)8(5-23-3-1-2-22)20-11-7(17)4-6(16)9(21-11)10(18)19/h6-9,11,16-17,22H,1-5H2,(H,18,19). The van der Waals surface area contributed by atoms with E-state index in [9.17, 15) is 28.2 Å². The van der Waals surface area contributed by atoms with Gasteiger partial charge in [-0.15, -0.1) is 0 Å². The van der Waals surface area contributed by atoms with Gasteiger partial charge in [-0.1, -0.05) is 0 Å². The topological polar surface area (TPSA) is 96.2 Å². The van der Waals surface area contributed by atoms with Gasteiger partial charge in [0.2, 0.25) is 0 Å². The zero-order valence-corrected chi connectivity index (χ0v) is 13.7. The number of thiol groups is 1. The van der Waals surface area contributed by atoms with E-state index in [2.05, 4.69) is 12.6 Å². The summed E-state index contributed by atoms with van der Waals surface area (Å²) in [5, 5.41) is 28.0. The highest BCUT2D eigenvalue weighted by molar-refractivity contribution is 7.99. The summed E-state index contributed by atoms with van der Waals surface area (Å²) >= 11 is 4.97. The maximum absolute atomic E-state index is 13.0. The Morgan fingerprint density at radius 1 is 1.39 bits per heavy atom. The third kappa shape index (κ3) is 6.67. The van der Waals surface area contributed by atoms with Gasteiger partial charge in [0.15, 0.2) is 18.5 Å². The molecule has 0 saturated carbocycles. The van der Waals surface area contributed by atoms with Gasteiger partial charge in [-0.25, -0.2) is 4.79 Å². The molecule has 1 heterocycles. The van der Waals surface area contributed by atoms with Crippen LogP contribution in [-0.2, 0) is 14.3 Å². The third-order valence-electron chi connectivity index (χ3n) is 3.05. The van der Waals surface area contributed by atoms with Crippen molar-refractivity contribution in [3.8, 4) is 0 Å². The number of hydrogen-bond acceptors (Lipinski definition) is 7. The molecule has 0 aromatic carbocycles. The number of thioether (sulfide) groups is 1. The number of carboxylic acids is 1. The van der Waals surface area contributed by atoms with Crippen molar-refractivity contribution in [3.63, 3.8) is 0 Å². The van der Waals surface area contributed by atoms with Gasteiger partial charge in [0, 0.05) is 12.2 Å². The lowest BCUT2D eigenvalue weighted by Crippen LogP contribution is -2.53. The summed E-state index contributed by atoms with van der Waals surface area (Å²) in [5.74, 6) is -0.939. The molecule has 0 aromatic rings. The maximum atomic E-state index is 13.0. The van der Waals surface area contributed by atoms with Gasteiger partial charge >= 0.3 is 12.1 Å². The second-order valence-electron chi connectivity index (χ2n) is 4.95. The zero-order valence-electron chi connectivity index (χ0n) is 12.0. The van der Waals surface area contributed by atoms with E-state index in [0.717, 1.165) is 11.8 Å². The molecule has 3 N–H and O–H groups in total. The van der Waals surface area contributed by atoms with Crippen LogP contribution in [0.4, 0.5) is 13.2 Å². The minimum Gasteiger partial charge on any atom is -0.479 e. The predicted octanol–water partition coefficient (Wildman–Crippen LogP) is 0.908. The molecule has 1 saturated heterocycles. The molecule has 11 heteroatoms. The first kappa shape index (κ1) is 20.8. The molecule has 1 aliphatic heterocycles. The van der Waals surface area contributed by atoms with Crippen molar-refractivity contribution >= 4 is 30.4 Å². The lowest BCUT2D eigenvalue weighted by atomic mass is 10.0. The van der Waals surface area contributed by atoms with E-state index >= 15 is 0 Å². The van der Waals surface area contributed by atoms with Gasteiger partial charge in [-0.3, -0.25) is 0 Å². The number of halogens is 3. The Morgan fingerprint density at radius 2 is 2.04 bits per heavy atom. The van der Waals surface area contributed by atoms with Crippen LogP contribution in [-0.4, -0.2) is 75.4 Å². The van der Waals surface area contributed by atoms with Crippen molar-refractivity contribution in [2.24, 2.45) is 0 Å². The first-order chi connectivity index (χ1) is 10.7. The molecule has 0 amide bonds. The van der Waals surface area contributed by atoms with E-state index in [1.165, 1.54) is 0 Å². The van der Waals surface area contributed by atoms with Gasteiger partial charge in [-0.05, 0) is 17.9 Å². The van der Waals surface area contributed by atoms with Crippen LogP contribution in [0.2, 0.25) is 0 Å². The summed E-state index contributed by atoms with van der Waals surface area (Å²) in [6, 6.07) is 0. The minimum absolute atomic E-state index is 0.413. The number of carboxylic acid groups (broad SMARTS) is 1. The fraction of sp³-hybridized carbons (Fsp3) is 0.917.